The maximum Gasteiger partial charge on any atom is 0.416 e. The van der Waals surface area contributed by atoms with E-state index in [0.717, 1.165) is 5.56 Å². The smallest absolute Gasteiger partial charge is 0.392 e. The Bertz CT molecular complexity index is 2690. The second kappa shape index (κ2) is 21.1. The monoisotopic (exact) mass is 1140 g/mol. The van der Waals surface area contributed by atoms with Gasteiger partial charge in [-0.25, -0.2) is 4.79 Å². The summed E-state index contributed by atoms with van der Waals surface area (Å²) < 4.78 is 347. The van der Waals surface area contributed by atoms with Crippen LogP contribution in [0.15, 0.2) is 122 Å². The van der Waals surface area contributed by atoms with Crippen LogP contribution in [-0.4, -0.2) is 28.8 Å². The second-order valence-corrected chi connectivity index (χ2v) is 16.2. The summed E-state index contributed by atoms with van der Waals surface area (Å²) in [6.07, 6.45) is -50.3. The fourth-order valence-electron chi connectivity index (χ4n) is 7.73. The van der Waals surface area contributed by atoms with Crippen molar-refractivity contribution < 1.29 is 124 Å². The van der Waals surface area contributed by atoms with Gasteiger partial charge in [0.25, 0.3) is 0 Å². The Morgan fingerprint density at radius 1 is 0.468 bits per heavy atom. The Morgan fingerprint density at radius 2 is 0.740 bits per heavy atom. The molecular formula is C45H24BF24N3O4. The first kappa shape index (κ1) is 60.3. The van der Waals surface area contributed by atoms with Gasteiger partial charge >= 0.3 is 67.8 Å². The van der Waals surface area contributed by atoms with Crippen molar-refractivity contribution in [1.82, 2.24) is 4.98 Å². The molecule has 5 aromatic carbocycles. The molecular weight excluding hydrogens is 1110 g/mol. The van der Waals surface area contributed by atoms with Crippen LogP contribution < -0.4 is 26.4 Å². The number of hydrogen-bond donors (Lipinski definition) is 0. The van der Waals surface area contributed by atoms with Crippen molar-refractivity contribution >= 4 is 34.0 Å². The maximum atomic E-state index is 14.2. The van der Waals surface area contributed by atoms with Crippen molar-refractivity contribution in [3.63, 3.8) is 0 Å². The molecule has 0 bridgehead atoms. The van der Waals surface area contributed by atoms with E-state index in [0.29, 0.717) is 6.54 Å². The van der Waals surface area contributed by atoms with E-state index in [1.165, 1.54) is 12.4 Å². The normalized spacial score (nSPS) is 13.2. The van der Waals surface area contributed by atoms with Gasteiger partial charge < -0.3 is 4.74 Å². The average Bonchev–Trinajstić information content (AvgIpc) is 3.29. The van der Waals surface area contributed by atoms with Gasteiger partial charge in [-0.3, -0.25) is 15.1 Å². The fraction of sp³-hybridized carbons (Fsp3) is 0.222. The number of ether oxygens (including phenoxy) is 1. The van der Waals surface area contributed by atoms with Crippen molar-refractivity contribution in [1.29, 1.82) is 0 Å². The molecule has 1 heterocycles. The first-order valence-corrected chi connectivity index (χ1v) is 20.4. The lowest BCUT2D eigenvalue weighted by Gasteiger charge is -2.46. The van der Waals surface area contributed by atoms with Crippen molar-refractivity contribution in [2.75, 3.05) is 6.73 Å². The Hall–Kier alpha value is -7.57. The zero-order valence-electron chi connectivity index (χ0n) is 37.1. The van der Waals surface area contributed by atoms with Crippen LogP contribution in [0.25, 0.3) is 0 Å². The lowest BCUT2D eigenvalue weighted by atomic mass is 9.12. The van der Waals surface area contributed by atoms with E-state index >= 15 is 0 Å². The van der Waals surface area contributed by atoms with Crippen LogP contribution in [0, 0.1) is 10.1 Å². The number of nitro groups is 1. The molecule has 0 atom stereocenters. The molecule has 0 saturated carbocycles. The highest BCUT2D eigenvalue weighted by molar-refractivity contribution is 7.20. The van der Waals surface area contributed by atoms with Crippen LogP contribution in [-0.2, 0) is 60.7 Å². The zero-order valence-corrected chi connectivity index (χ0v) is 37.1. The van der Waals surface area contributed by atoms with E-state index in [1.807, 2.05) is 30.3 Å². The van der Waals surface area contributed by atoms with Crippen molar-refractivity contribution in [3.8, 4) is 0 Å². The molecule has 0 unspecified atom stereocenters. The van der Waals surface area contributed by atoms with Crippen LogP contribution in [0.1, 0.15) is 60.6 Å². The fourth-order valence-corrected chi connectivity index (χ4v) is 7.73. The molecule has 7 nitrogen and oxygen atoms in total. The number of esters is 1. The molecule has 414 valence electrons. The minimum atomic E-state index is -6.13. The average molecular weight is 1140 g/mol. The van der Waals surface area contributed by atoms with Gasteiger partial charge in [0, 0.05) is 5.56 Å². The Morgan fingerprint density at radius 3 is 0.987 bits per heavy atom. The van der Waals surface area contributed by atoms with Crippen LogP contribution in [0.5, 0.6) is 0 Å². The summed E-state index contributed by atoms with van der Waals surface area (Å²) in [6.45, 7) is -0.411. The lowest BCUT2D eigenvalue weighted by Crippen LogP contribution is -2.75. The minimum absolute atomic E-state index is 0.165. The Labute approximate surface area is 413 Å². The van der Waals surface area contributed by atoms with Crippen LogP contribution in [0.3, 0.4) is 0 Å². The highest BCUT2D eigenvalue weighted by Crippen LogP contribution is 2.41. The molecule has 0 spiro atoms. The van der Waals surface area contributed by atoms with Crippen molar-refractivity contribution in [3.05, 3.63) is 188 Å². The van der Waals surface area contributed by atoms with E-state index in [9.17, 15) is 120 Å². The second-order valence-electron chi connectivity index (χ2n) is 16.2. The summed E-state index contributed by atoms with van der Waals surface area (Å²) in [5.41, 5.74) is -29.0. The van der Waals surface area contributed by atoms with E-state index < -0.39 is 212 Å². The van der Waals surface area contributed by atoms with Crippen LogP contribution >= 0.6 is 0 Å². The molecule has 0 aliphatic heterocycles. The number of hydrogen-bond acceptors (Lipinski definition) is 5. The third-order valence-electron chi connectivity index (χ3n) is 11.0. The van der Waals surface area contributed by atoms with Crippen molar-refractivity contribution in [2.24, 2.45) is 0 Å². The highest BCUT2D eigenvalue weighted by Gasteiger charge is 2.47. The molecule has 32 heteroatoms. The molecule has 0 N–H and O–H groups in total. The van der Waals surface area contributed by atoms with Crippen LogP contribution in [0.4, 0.5) is 105 Å². The molecule has 0 saturated heterocycles. The van der Waals surface area contributed by atoms with Gasteiger partial charge in [0.15, 0.2) is 12.7 Å². The number of aromatic nitrogens is 2. The number of nitrogens with zero attached hydrogens (tertiary/aromatic N) is 3. The summed E-state index contributed by atoms with van der Waals surface area (Å²) in [5.74, 6) is -0.772. The Kier molecular flexibility index (Phi) is 16.5. The van der Waals surface area contributed by atoms with E-state index in [2.05, 4.69) is 9.72 Å². The third-order valence-corrected chi connectivity index (χ3v) is 11.0. The van der Waals surface area contributed by atoms with Gasteiger partial charge in [-0.1, -0.05) is 78.9 Å². The standard InChI is InChI=1S/C32H12BF24.C13H12N3O4/c34-25(35,36)13-1-14(26(37,38)39)6-21(5-13)33(22-7-15(27(40,41)42)2-16(8-22)28(43,44)45,23-9-17(29(46,47)48)3-18(10-23)30(49,50)51)24-11-19(31(52,53)54)4-20(12-24)32(55,56)57;17-13(20-10-16(18)19)12-8-14-6-7-15(12)9-11-4-2-1-3-5-11/h1-12H;1-8H,9-10H2/q-1;+1. The van der Waals surface area contributed by atoms with Crippen molar-refractivity contribution in [2.45, 2.75) is 56.0 Å². The quantitative estimate of drug-likeness (QED) is 0.0274. The van der Waals surface area contributed by atoms with Gasteiger partial charge in [-0.2, -0.15) is 132 Å². The summed E-state index contributed by atoms with van der Waals surface area (Å²) in [4.78, 5) is 25.1. The SMILES string of the molecule is FC(F)(F)c1cc([B-](c2cc(C(F)(F)F)cc(C(F)(F)F)c2)(c2cc(C(F)(F)F)cc(C(F)(F)F)c2)c2cc(C(F)(F)F)cc(C(F)(F)F)c2)cc(C(F)(F)F)c1.O=C(OC[N+](=O)[O-])c1cncc[n+]1Cc1ccccc1. The molecule has 0 amide bonds. The number of benzene rings is 5. The minimum Gasteiger partial charge on any atom is -0.392 e. The van der Waals surface area contributed by atoms with Gasteiger partial charge in [0.05, 0.1) is 55.6 Å². The maximum absolute atomic E-state index is 14.2. The molecule has 6 rings (SSSR count). The van der Waals surface area contributed by atoms with Gasteiger partial charge in [-0.15, -0.1) is 0 Å². The highest BCUT2D eigenvalue weighted by atomic mass is 19.4. The number of halogens is 24. The largest absolute Gasteiger partial charge is 0.416 e. The summed E-state index contributed by atoms with van der Waals surface area (Å²) in [7, 11) is 0. The number of alkyl halides is 24. The topological polar surface area (TPSA) is 86.2 Å². The lowest BCUT2D eigenvalue weighted by molar-refractivity contribution is -0.691. The third kappa shape index (κ3) is 14.5. The Balaban J connectivity index is 0.000000455. The molecule has 1 aromatic heterocycles. The number of rotatable bonds is 9. The van der Waals surface area contributed by atoms with Gasteiger partial charge in [-0.05, 0) is 24.3 Å². The predicted octanol–water partition coefficient (Wildman–Crippen LogP) is 12.0. The van der Waals surface area contributed by atoms with E-state index in [4.69, 9.17) is 0 Å². The van der Waals surface area contributed by atoms with Crippen LogP contribution in [0.2, 0.25) is 0 Å². The molecule has 0 radical (unpaired) electrons. The summed E-state index contributed by atoms with van der Waals surface area (Å²) in [6, 6.07) is 0.699. The predicted molar refractivity (Wildman–Crippen MR) is 217 cm³/mol. The first-order chi connectivity index (χ1) is 34.9. The van der Waals surface area contributed by atoms with E-state index in [1.54, 1.807) is 10.8 Å². The first-order valence-electron chi connectivity index (χ1n) is 20.4. The summed E-state index contributed by atoms with van der Waals surface area (Å²) >= 11 is 0. The summed E-state index contributed by atoms with van der Waals surface area (Å²) in [5, 5.41) is 10.2. The molecule has 6 aromatic rings. The molecule has 77 heavy (non-hydrogen) atoms. The molecule has 0 fully saturated rings. The van der Waals surface area contributed by atoms with Gasteiger partial charge in [0.2, 0.25) is 0 Å². The van der Waals surface area contributed by atoms with E-state index in [-0.39, 0.29) is 5.69 Å². The number of carbonyl (C=O) groups is 1. The van der Waals surface area contributed by atoms with Gasteiger partial charge in [0.1, 0.15) is 12.3 Å². The molecule has 0 aliphatic carbocycles. The number of carbonyl (C=O) groups excluding carboxylic acids is 1. The zero-order chi connectivity index (χ0) is 58.3. The molecule has 0 aliphatic rings.